The lowest BCUT2D eigenvalue weighted by Crippen LogP contribution is -2.19. The first-order valence-electron chi connectivity index (χ1n) is 7.03. The zero-order valence-corrected chi connectivity index (χ0v) is 13.9. The zero-order valence-electron chi connectivity index (χ0n) is 13.1. The second kappa shape index (κ2) is 7.62. The van der Waals surface area contributed by atoms with Crippen LogP contribution < -0.4 is 11.1 Å². The van der Waals surface area contributed by atoms with Gasteiger partial charge in [-0.1, -0.05) is 12.1 Å². The Hall–Kier alpha value is -3.14. The van der Waals surface area contributed by atoms with Crippen molar-refractivity contribution < 1.29 is 26.7 Å². The van der Waals surface area contributed by atoms with E-state index in [0.717, 1.165) is 0 Å². The predicted molar refractivity (Wildman–Crippen MR) is 89.9 cm³/mol. The van der Waals surface area contributed by atoms with Gasteiger partial charge in [0.25, 0.3) is 5.91 Å². The third-order valence-corrected chi connectivity index (χ3v) is 3.47. The number of benzene rings is 2. The van der Waals surface area contributed by atoms with Crippen LogP contribution in [0.2, 0.25) is 0 Å². The van der Waals surface area contributed by atoms with Gasteiger partial charge in [-0.15, -0.1) is 12.4 Å². The van der Waals surface area contributed by atoms with Crippen LogP contribution in [0.5, 0.6) is 0 Å². The van der Waals surface area contributed by atoms with Crippen molar-refractivity contribution in [3.8, 4) is 11.3 Å². The average Bonchev–Trinajstić information content (AvgIpc) is 3.05. The molecule has 0 bridgehead atoms. The summed E-state index contributed by atoms with van der Waals surface area (Å²) in [6.45, 7) is 0. The fraction of sp³-hybridized carbons (Fsp3) is 0. The number of aromatic nitrogens is 2. The molecule has 5 nitrogen and oxygen atoms in total. The Morgan fingerprint density at radius 1 is 0.926 bits per heavy atom. The minimum absolute atomic E-state index is 0. The van der Waals surface area contributed by atoms with Crippen LogP contribution in [-0.2, 0) is 0 Å². The van der Waals surface area contributed by atoms with Crippen LogP contribution in [0.3, 0.4) is 0 Å². The summed E-state index contributed by atoms with van der Waals surface area (Å²) in [5.41, 5.74) is 5.10. The number of imidazole rings is 1. The van der Waals surface area contributed by atoms with Gasteiger partial charge >= 0.3 is 0 Å². The molecule has 142 valence electrons. The second-order valence-electron chi connectivity index (χ2n) is 5.15. The van der Waals surface area contributed by atoms with E-state index in [4.69, 9.17) is 5.73 Å². The normalized spacial score (nSPS) is 10.4. The fourth-order valence-electron chi connectivity index (χ4n) is 2.21. The molecule has 0 saturated carbocycles. The monoisotopic (exact) mass is 404 g/mol. The maximum absolute atomic E-state index is 13.6. The van der Waals surface area contributed by atoms with Gasteiger partial charge in [0.1, 0.15) is 5.56 Å². The molecule has 0 aliphatic heterocycles. The number of amides is 1. The van der Waals surface area contributed by atoms with Gasteiger partial charge < -0.3 is 16.0 Å². The second-order valence-corrected chi connectivity index (χ2v) is 5.15. The summed E-state index contributed by atoms with van der Waals surface area (Å²) < 4.78 is 66.7. The molecule has 3 rings (SSSR count). The summed E-state index contributed by atoms with van der Waals surface area (Å²) in [5.74, 6) is -12.4. The SMILES string of the molecule is Cl.Nc1nc(-c2ccc(NC(=O)c3c(F)c(F)c(F)c(F)c3F)cc2)c[nH]1. The van der Waals surface area contributed by atoms with Crippen LogP contribution in [0.4, 0.5) is 33.6 Å². The lowest BCUT2D eigenvalue weighted by molar-refractivity contribution is 0.101. The van der Waals surface area contributed by atoms with Crippen molar-refractivity contribution in [2.45, 2.75) is 0 Å². The van der Waals surface area contributed by atoms with Crippen LogP contribution >= 0.6 is 12.4 Å². The Labute approximate surface area is 154 Å². The van der Waals surface area contributed by atoms with Crippen LogP contribution in [0.1, 0.15) is 10.4 Å². The lowest BCUT2D eigenvalue weighted by atomic mass is 10.1. The number of nitrogens with zero attached hydrogens (tertiary/aromatic N) is 1. The highest BCUT2D eigenvalue weighted by atomic mass is 35.5. The molecule has 0 fully saturated rings. The minimum atomic E-state index is -2.33. The molecule has 0 aliphatic carbocycles. The van der Waals surface area contributed by atoms with Gasteiger partial charge in [-0.2, -0.15) is 0 Å². The van der Waals surface area contributed by atoms with E-state index in [1.54, 1.807) is 0 Å². The third-order valence-electron chi connectivity index (χ3n) is 3.47. The number of hydrogen-bond acceptors (Lipinski definition) is 3. The molecule has 1 aromatic heterocycles. The Bertz CT molecular complexity index is 978. The largest absolute Gasteiger partial charge is 0.369 e. The molecule has 27 heavy (non-hydrogen) atoms. The molecular formula is C16H10ClF5N4O. The molecule has 0 radical (unpaired) electrons. The van der Waals surface area contributed by atoms with Crippen LogP contribution in [0, 0.1) is 29.1 Å². The first kappa shape index (κ1) is 20.2. The number of rotatable bonds is 3. The van der Waals surface area contributed by atoms with Gasteiger partial charge in [0.05, 0.1) is 5.69 Å². The molecular weight excluding hydrogens is 395 g/mol. The highest BCUT2D eigenvalue weighted by Gasteiger charge is 2.29. The number of nitrogens with two attached hydrogens (primary N) is 1. The van der Waals surface area contributed by atoms with Crippen molar-refractivity contribution in [1.82, 2.24) is 9.97 Å². The smallest absolute Gasteiger partial charge is 0.261 e. The van der Waals surface area contributed by atoms with Gasteiger partial charge in [-0.25, -0.2) is 26.9 Å². The van der Waals surface area contributed by atoms with E-state index in [2.05, 4.69) is 15.3 Å². The van der Waals surface area contributed by atoms with E-state index in [0.29, 0.717) is 11.3 Å². The molecule has 1 amide bonds. The van der Waals surface area contributed by atoms with E-state index >= 15 is 0 Å². The molecule has 0 unspecified atom stereocenters. The van der Waals surface area contributed by atoms with E-state index in [-0.39, 0.29) is 24.0 Å². The number of carbonyl (C=O) groups excluding carboxylic acids is 1. The van der Waals surface area contributed by atoms with Crippen LogP contribution in [0.25, 0.3) is 11.3 Å². The lowest BCUT2D eigenvalue weighted by Gasteiger charge is -2.09. The first-order valence-corrected chi connectivity index (χ1v) is 7.03. The number of nitrogens with one attached hydrogen (secondary N) is 2. The van der Waals surface area contributed by atoms with Gasteiger partial charge in [0.2, 0.25) is 5.82 Å². The molecule has 3 aromatic rings. The Morgan fingerprint density at radius 2 is 1.44 bits per heavy atom. The molecule has 4 N–H and O–H groups in total. The summed E-state index contributed by atoms with van der Waals surface area (Å²) in [7, 11) is 0. The van der Waals surface area contributed by atoms with Gasteiger partial charge in [-0.3, -0.25) is 4.79 Å². The van der Waals surface area contributed by atoms with E-state index < -0.39 is 40.6 Å². The van der Waals surface area contributed by atoms with Gasteiger partial charge in [-0.05, 0) is 12.1 Å². The number of hydrogen-bond donors (Lipinski definition) is 3. The molecule has 1 heterocycles. The van der Waals surface area contributed by atoms with Crippen molar-refractivity contribution in [2.24, 2.45) is 0 Å². The number of carbonyl (C=O) groups is 1. The predicted octanol–water partition coefficient (Wildman–Crippen LogP) is 4.03. The third kappa shape index (κ3) is 3.70. The van der Waals surface area contributed by atoms with Crippen molar-refractivity contribution in [3.63, 3.8) is 0 Å². The maximum atomic E-state index is 13.6. The van der Waals surface area contributed by atoms with Crippen molar-refractivity contribution >= 4 is 29.9 Å². The standard InChI is InChI=1S/C16H9F5N4O.ClH/c17-10-9(11(18)13(20)14(21)12(10)19)15(26)24-7-3-1-6(2-4-7)8-5-23-16(22)25-8;/h1-5H,(H,24,26)(H3,22,23,25);1H. The number of halogens is 6. The quantitative estimate of drug-likeness (QED) is 0.350. The van der Waals surface area contributed by atoms with Crippen LogP contribution in [0.15, 0.2) is 30.5 Å². The van der Waals surface area contributed by atoms with Crippen molar-refractivity contribution in [2.75, 3.05) is 11.1 Å². The summed E-state index contributed by atoms with van der Waals surface area (Å²) in [6, 6.07) is 5.77. The highest BCUT2D eigenvalue weighted by molar-refractivity contribution is 6.04. The molecule has 0 saturated heterocycles. The molecule has 2 aromatic carbocycles. The Kier molecular flexibility index (Phi) is 5.69. The number of aromatic amines is 1. The number of nitrogen functional groups attached to an aromatic ring is 1. The molecule has 0 spiro atoms. The topological polar surface area (TPSA) is 83.8 Å². The minimum Gasteiger partial charge on any atom is -0.369 e. The first-order chi connectivity index (χ1) is 12.3. The van der Waals surface area contributed by atoms with Gasteiger partial charge in [0, 0.05) is 17.4 Å². The van der Waals surface area contributed by atoms with Gasteiger partial charge in [0.15, 0.2) is 29.2 Å². The summed E-state index contributed by atoms with van der Waals surface area (Å²) in [5, 5.41) is 2.07. The average molecular weight is 405 g/mol. The molecule has 11 heteroatoms. The maximum Gasteiger partial charge on any atom is 0.261 e. The van der Waals surface area contributed by atoms with Crippen LogP contribution in [-0.4, -0.2) is 15.9 Å². The summed E-state index contributed by atoms with van der Waals surface area (Å²) >= 11 is 0. The highest BCUT2D eigenvalue weighted by Crippen LogP contribution is 2.25. The summed E-state index contributed by atoms with van der Waals surface area (Å²) in [6.07, 6.45) is 1.54. The van der Waals surface area contributed by atoms with Crippen molar-refractivity contribution in [3.05, 3.63) is 65.1 Å². The Morgan fingerprint density at radius 3 is 1.93 bits per heavy atom. The fourth-order valence-corrected chi connectivity index (χ4v) is 2.21. The summed E-state index contributed by atoms with van der Waals surface area (Å²) in [4.78, 5) is 18.6. The molecule has 0 aliphatic rings. The van der Waals surface area contributed by atoms with E-state index in [1.807, 2.05) is 0 Å². The van der Waals surface area contributed by atoms with E-state index in [9.17, 15) is 26.7 Å². The molecule has 0 atom stereocenters. The number of anilines is 2. The number of H-pyrrole nitrogens is 1. The zero-order chi connectivity index (χ0) is 19.0. The van der Waals surface area contributed by atoms with Crippen molar-refractivity contribution in [1.29, 1.82) is 0 Å². The Balaban J connectivity index is 0.00000261. The van der Waals surface area contributed by atoms with E-state index in [1.165, 1.54) is 30.5 Å².